The van der Waals surface area contributed by atoms with E-state index in [1.807, 2.05) is 12.1 Å². The van der Waals surface area contributed by atoms with E-state index in [-0.39, 0.29) is 0 Å². The van der Waals surface area contributed by atoms with Crippen LogP contribution in [0.5, 0.6) is 0 Å². The molecule has 3 aromatic rings. The Balaban J connectivity index is 1.63. The third-order valence-electron chi connectivity index (χ3n) is 5.34. The van der Waals surface area contributed by atoms with Gasteiger partial charge in [0.05, 0.1) is 16.8 Å². The second kappa shape index (κ2) is 9.99. The molecule has 1 aliphatic rings. The quantitative estimate of drug-likeness (QED) is 0.316. The van der Waals surface area contributed by atoms with Crippen LogP contribution in [0.15, 0.2) is 70.1 Å². The second-order valence-electron chi connectivity index (χ2n) is 7.87. The molecule has 0 spiro atoms. The van der Waals surface area contributed by atoms with Crippen LogP contribution in [0.3, 0.4) is 0 Å². The number of rotatable bonds is 8. The van der Waals surface area contributed by atoms with E-state index in [2.05, 4.69) is 71.9 Å². The van der Waals surface area contributed by atoms with Gasteiger partial charge in [-0.15, -0.1) is 0 Å². The lowest BCUT2D eigenvalue weighted by Crippen LogP contribution is -2.37. The van der Waals surface area contributed by atoms with Crippen molar-refractivity contribution in [3.63, 3.8) is 0 Å². The van der Waals surface area contributed by atoms with E-state index in [1.54, 1.807) is 30.0 Å². The SMILES string of the molecule is CCN1/C(=C\C(C)=C\c2sc3ccccc3[n+]2CCC(C)OS(=O)(=O)O)Sc2ccccc21. The van der Waals surface area contributed by atoms with Crippen LogP contribution in [0, 0.1) is 0 Å². The first-order valence-corrected chi connectivity index (χ1v) is 13.8. The number of aromatic nitrogens is 1. The molecule has 6 nitrogen and oxygen atoms in total. The largest absolute Gasteiger partial charge is 0.397 e. The van der Waals surface area contributed by atoms with Gasteiger partial charge >= 0.3 is 10.4 Å². The van der Waals surface area contributed by atoms with Crippen molar-refractivity contribution in [2.45, 2.75) is 44.7 Å². The molecule has 9 heteroatoms. The standard InChI is InChI=1S/C24H26N2O4S3/c1-4-25-19-9-5-7-11-21(19)31-23(25)15-17(2)16-24-26(14-13-18(3)30-33(27,28)29)20-10-6-8-12-22(20)32-24/h5-12,15-16,18H,4,13-14H2,1-3H3/p+1. The first-order chi connectivity index (χ1) is 15.7. The number of para-hydroxylation sites is 2. The molecule has 0 saturated heterocycles. The van der Waals surface area contributed by atoms with Gasteiger partial charge in [-0.3, -0.25) is 4.55 Å². The third kappa shape index (κ3) is 5.67. The number of aryl methyl sites for hydroxylation is 1. The van der Waals surface area contributed by atoms with Gasteiger partial charge in [-0.1, -0.05) is 47.4 Å². The second-order valence-corrected chi connectivity index (χ2v) is 11.0. The highest BCUT2D eigenvalue weighted by Gasteiger charge is 2.24. The van der Waals surface area contributed by atoms with Crippen molar-refractivity contribution in [2.24, 2.45) is 0 Å². The van der Waals surface area contributed by atoms with E-state index >= 15 is 0 Å². The number of thiazole rings is 1. The normalized spacial score (nSPS) is 16.5. The number of hydrogen-bond donors (Lipinski definition) is 1. The fraction of sp³-hybridized carbons (Fsp3) is 0.292. The molecular weight excluding hydrogens is 476 g/mol. The Morgan fingerprint density at radius 1 is 1.21 bits per heavy atom. The third-order valence-corrected chi connectivity index (χ3v) is 8.13. The summed E-state index contributed by atoms with van der Waals surface area (Å²) in [6.07, 6.45) is 4.20. The fourth-order valence-electron chi connectivity index (χ4n) is 3.88. The van der Waals surface area contributed by atoms with E-state index in [9.17, 15) is 8.42 Å². The van der Waals surface area contributed by atoms with E-state index in [0.29, 0.717) is 13.0 Å². The van der Waals surface area contributed by atoms with Gasteiger partial charge in [-0.25, -0.2) is 4.18 Å². The highest BCUT2D eigenvalue weighted by molar-refractivity contribution is 8.03. The smallest absolute Gasteiger partial charge is 0.335 e. The maximum atomic E-state index is 11.0. The lowest BCUT2D eigenvalue weighted by molar-refractivity contribution is -0.670. The van der Waals surface area contributed by atoms with E-state index in [0.717, 1.165) is 27.3 Å². The van der Waals surface area contributed by atoms with Gasteiger partial charge in [0, 0.05) is 30.0 Å². The van der Waals surface area contributed by atoms with Gasteiger partial charge in [-0.2, -0.15) is 13.0 Å². The summed E-state index contributed by atoms with van der Waals surface area (Å²) >= 11 is 3.48. The monoisotopic (exact) mass is 503 g/mol. The molecular formula is C24H27N2O4S3+. The topological polar surface area (TPSA) is 70.7 Å². The molecule has 0 saturated carbocycles. The summed E-state index contributed by atoms with van der Waals surface area (Å²) in [4.78, 5) is 3.59. The summed E-state index contributed by atoms with van der Waals surface area (Å²) in [7, 11) is -4.46. The Morgan fingerprint density at radius 2 is 1.94 bits per heavy atom. The molecule has 4 rings (SSSR count). The number of thioether (sulfide) groups is 1. The molecule has 1 aromatic heterocycles. The van der Waals surface area contributed by atoms with Crippen molar-refractivity contribution in [1.82, 2.24) is 0 Å². The number of fused-ring (bicyclic) bond motifs is 2. The average molecular weight is 504 g/mol. The van der Waals surface area contributed by atoms with Gasteiger partial charge in [0.25, 0.3) is 5.01 Å². The van der Waals surface area contributed by atoms with Crippen molar-refractivity contribution in [1.29, 1.82) is 0 Å². The summed E-state index contributed by atoms with van der Waals surface area (Å²) < 4.78 is 39.1. The van der Waals surface area contributed by atoms with Gasteiger partial charge in [0.2, 0.25) is 5.52 Å². The first kappa shape index (κ1) is 24.0. The number of benzene rings is 2. The van der Waals surface area contributed by atoms with Gasteiger partial charge in [0.1, 0.15) is 4.70 Å². The van der Waals surface area contributed by atoms with E-state index in [1.165, 1.54) is 15.6 Å². The molecule has 1 atom stereocenters. The Hall–Kier alpha value is -2.17. The summed E-state index contributed by atoms with van der Waals surface area (Å²) in [5.41, 5.74) is 3.46. The Bertz CT molecular complexity index is 1330. The molecule has 0 bridgehead atoms. The highest BCUT2D eigenvalue weighted by atomic mass is 32.3. The molecule has 2 heterocycles. The number of anilines is 1. The van der Waals surface area contributed by atoms with Crippen LogP contribution in [0.25, 0.3) is 16.3 Å². The van der Waals surface area contributed by atoms with E-state index in [4.69, 9.17) is 8.74 Å². The van der Waals surface area contributed by atoms with Crippen molar-refractivity contribution in [3.8, 4) is 0 Å². The predicted molar refractivity (Wildman–Crippen MR) is 136 cm³/mol. The van der Waals surface area contributed by atoms with Crippen LogP contribution < -0.4 is 9.47 Å². The maximum Gasteiger partial charge on any atom is 0.397 e. The number of allylic oxidation sites excluding steroid dienone is 2. The highest BCUT2D eigenvalue weighted by Crippen LogP contribution is 2.45. The average Bonchev–Trinajstić information content (AvgIpc) is 3.27. The molecule has 0 amide bonds. The Labute approximate surface area is 203 Å². The van der Waals surface area contributed by atoms with Crippen molar-refractivity contribution >= 4 is 55.5 Å². The molecule has 1 unspecified atom stereocenters. The summed E-state index contributed by atoms with van der Waals surface area (Å²) in [6.45, 7) is 7.37. The lowest BCUT2D eigenvalue weighted by Gasteiger charge is -2.17. The van der Waals surface area contributed by atoms with Gasteiger partial charge in [0.15, 0.2) is 6.54 Å². The molecule has 174 valence electrons. The predicted octanol–water partition coefficient (Wildman–Crippen LogP) is 5.66. The molecule has 1 N–H and O–H groups in total. The summed E-state index contributed by atoms with van der Waals surface area (Å²) in [5, 5.41) is 2.28. The molecule has 0 aliphatic carbocycles. The van der Waals surface area contributed by atoms with Gasteiger partial charge in [-0.05, 0) is 50.6 Å². The fourth-order valence-corrected chi connectivity index (χ4v) is 6.82. The summed E-state index contributed by atoms with van der Waals surface area (Å²) in [5.74, 6) is 0. The zero-order chi connectivity index (χ0) is 23.6. The molecule has 0 radical (unpaired) electrons. The minimum absolute atomic E-state index is 0.445. The molecule has 33 heavy (non-hydrogen) atoms. The zero-order valence-corrected chi connectivity index (χ0v) is 21.2. The van der Waals surface area contributed by atoms with Crippen LogP contribution in [-0.2, 0) is 21.1 Å². The van der Waals surface area contributed by atoms with Crippen molar-refractivity contribution < 1.29 is 21.7 Å². The Kier molecular flexibility index (Phi) is 7.25. The van der Waals surface area contributed by atoms with Gasteiger partial charge < -0.3 is 4.90 Å². The lowest BCUT2D eigenvalue weighted by atomic mass is 10.2. The van der Waals surface area contributed by atoms with Crippen LogP contribution in [0.1, 0.15) is 32.2 Å². The van der Waals surface area contributed by atoms with Crippen LogP contribution >= 0.6 is 23.1 Å². The Morgan fingerprint density at radius 3 is 2.70 bits per heavy atom. The van der Waals surface area contributed by atoms with Crippen LogP contribution in [-0.4, -0.2) is 25.6 Å². The minimum Gasteiger partial charge on any atom is -0.335 e. The zero-order valence-electron chi connectivity index (χ0n) is 18.8. The minimum atomic E-state index is -4.46. The van der Waals surface area contributed by atoms with E-state index < -0.39 is 16.5 Å². The molecule has 2 aromatic carbocycles. The first-order valence-electron chi connectivity index (χ1n) is 10.8. The molecule has 0 fully saturated rings. The molecule has 1 aliphatic heterocycles. The van der Waals surface area contributed by atoms with Crippen LogP contribution in [0.4, 0.5) is 5.69 Å². The number of hydrogen-bond acceptors (Lipinski definition) is 6. The maximum absolute atomic E-state index is 11.0. The van der Waals surface area contributed by atoms with Crippen LogP contribution in [0.2, 0.25) is 0 Å². The summed E-state index contributed by atoms with van der Waals surface area (Å²) in [6, 6.07) is 16.6. The van der Waals surface area contributed by atoms with Crippen molar-refractivity contribution in [2.75, 3.05) is 11.4 Å². The number of nitrogens with zero attached hydrogens (tertiary/aromatic N) is 2. The van der Waals surface area contributed by atoms with Crippen molar-refractivity contribution in [3.05, 3.63) is 70.2 Å².